The van der Waals surface area contributed by atoms with Crippen LogP contribution in [0.1, 0.15) is 5.56 Å². The first kappa shape index (κ1) is 17.8. The van der Waals surface area contributed by atoms with Gasteiger partial charge in [-0.1, -0.05) is 34.8 Å². The van der Waals surface area contributed by atoms with Crippen molar-refractivity contribution in [1.29, 1.82) is 0 Å². The molecule has 10 heteroatoms. The molecule has 5 atom stereocenters. The molecule has 0 bridgehead atoms. The Morgan fingerprint density at radius 2 is 1.88 bits per heavy atom. The molecule has 1 aromatic rings. The number of hydrogen-bond acceptors (Lipinski definition) is 7. The average molecular weight is 396 g/mol. The Hall–Kier alpha value is -1.02. The SMILES string of the molecule is OC[C@H]1O[C@@H](N2c3cc(Cl)c(Cl)cc3C(=C=NO)C2Cl)[C@H](O)[C@@H]1O. The van der Waals surface area contributed by atoms with E-state index in [1.54, 1.807) is 0 Å². The molecule has 7 nitrogen and oxygen atoms in total. The van der Waals surface area contributed by atoms with Crippen LogP contribution in [0.25, 0.3) is 5.57 Å². The molecule has 1 unspecified atom stereocenters. The number of aliphatic hydroxyl groups excluding tert-OH is 3. The Morgan fingerprint density at radius 1 is 1.21 bits per heavy atom. The van der Waals surface area contributed by atoms with E-state index in [9.17, 15) is 15.3 Å². The van der Waals surface area contributed by atoms with Gasteiger partial charge in [0, 0.05) is 11.4 Å². The van der Waals surface area contributed by atoms with Crippen LogP contribution >= 0.6 is 34.8 Å². The van der Waals surface area contributed by atoms with E-state index < -0.39 is 36.6 Å². The van der Waals surface area contributed by atoms with Crippen LogP contribution in [0.4, 0.5) is 5.69 Å². The van der Waals surface area contributed by atoms with E-state index in [4.69, 9.17) is 44.7 Å². The van der Waals surface area contributed by atoms with Crippen LogP contribution in [0.3, 0.4) is 0 Å². The van der Waals surface area contributed by atoms with Gasteiger partial charge in [-0.3, -0.25) is 0 Å². The summed E-state index contributed by atoms with van der Waals surface area (Å²) in [6.45, 7) is -0.468. The van der Waals surface area contributed by atoms with E-state index >= 15 is 0 Å². The van der Waals surface area contributed by atoms with Crippen LogP contribution in [0.5, 0.6) is 0 Å². The summed E-state index contributed by atoms with van der Waals surface area (Å²) >= 11 is 18.5. The van der Waals surface area contributed by atoms with Gasteiger partial charge in [0.05, 0.1) is 27.9 Å². The molecule has 1 fully saturated rings. The molecule has 0 radical (unpaired) electrons. The molecule has 130 valence electrons. The number of alkyl halides is 1. The van der Waals surface area contributed by atoms with Crippen molar-refractivity contribution in [2.45, 2.75) is 30.0 Å². The molecule has 3 rings (SSSR count). The zero-order valence-electron chi connectivity index (χ0n) is 12.0. The van der Waals surface area contributed by atoms with Crippen LogP contribution in [-0.4, -0.2) is 63.0 Å². The highest BCUT2D eigenvalue weighted by atomic mass is 35.5. The highest BCUT2D eigenvalue weighted by Gasteiger charge is 2.50. The van der Waals surface area contributed by atoms with E-state index in [2.05, 4.69) is 11.0 Å². The fourth-order valence-corrected chi connectivity index (χ4v) is 3.60. The fraction of sp³-hybridized carbons (Fsp3) is 0.429. The van der Waals surface area contributed by atoms with Gasteiger partial charge in [-0.25, -0.2) is 0 Å². The number of ether oxygens (including phenoxy) is 1. The number of fused-ring (bicyclic) bond motifs is 1. The van der Waals surface area contributed by atoms with Crippen molar-refractivity contribution in [2.75, 3.05) is 11.5 Å². The molecule has 2 heterocycles. The van der Waals surface area contributed by atoms with Crippen molar-refractivity contribution in [3.05, 3.63) is 27.7 Å². The lowest BCUT2D eigenvalue weighted by molar-refractivity contribution is -0.0221. The Kier molecular flexibility index (Phi) is 4.97. The van der Waals surface area contributed by atoms with Crippen molar-refractivity contribution < 1.29 is 25.3 Å². The summed E-state index contributed by atoms with van der Waals surface area (Å²) in [6, 6.07) is 3.05. The van der Waals surface area contributed by atoms with E-state index in [1.807, 2.05) is 0 Å². The molecular weight excluding hydrogens is 383 g/mol. The zero-order chi connectivity index (χ0) is 17.6. The Labute approximate surface area is 151 Å². The average Bonchev–Trinajstić information content (AvgIpc) is 2.97. The van der Waals surface area contributed by atoms with Crippen LogP contribution in [0.15, 0.2) is 17.3 Å². The minimum absolute atomic E-state index is 0.248. The monoisotopic (exact) mass is 394 g/mol. The lowest BCUT2D eigenvalue weighted by Crippen LogP contribution is -2.46. The third kappa shape index (κ3) is 2.67. The molecular formula is C14H13Cl3N2O5. The van der Waals surface area contributed by atoms with Crippen LogP contribution < -0.4 is 4.90 Å². The van der Waals surface area contributed by atoms with Crippen molar-refractivity contribution in [3.8, 4) is 0 Å². The zero-order valence-corrected chi connectivity index (χ0v) is 14.2. The third-order valence-electron chi connectivity index (χ3n) is 4.05. The first-order valence-electron chi connectivity index (χ1n) is 6.92. The van der Waals surface area contributed by atoms with Gasteiger partial charge in [-0.15, -0.1) is 0 Å². The van der Waals surface area contributed by atoms with Gasteiger partial charge in [-0.2, -0.15) is 0 Å². The summed E-state index contributed by atoms with van der Waals surface area (Å²) in [4.78, 5) is 1.45. The van der Waals surface area contributed by atoms with Gasteiger partial charge in [-0.05, 0) is 17.3 Å². The molecule has 0 saturated carbocycles. The predicted molar refractivity (Wildman–Crippen MR) is 89.0 cm³/mol. The third-order valence-corrected chi connectivity index (χ3v) is 5.20. The second-order valence-corrected chi connectivity index (χ2v) is 6.61. The minimum Gasteiger partial charge on any atom is -0.404 e. The first-order chi connectivity index (χ1) is 11.4. The van der Waals surface area contributed by atoms with Gasteiger partial charge in [0.15, 0.2) is 6.23 Å². The smallest absolute Gasteiger partial charge is 0.161 e. The van der Waals surface area contributed by atoms with Crippen LogP contribution in [0, 0.1) is 0 Å². The molecule has 0 amide bonds. The summed E-state index contributed by atoms with van der Waals surface area (Å²) in [5.74, 6) is 2.37. The first-order valence-corrected chi connectivity index (χ1v) is 8.11. The van der Waals surface area contributed by atoms with E-state index in [1.165, 1.54) is 17.0 Å². The van der Waals surface area contributed by atoms with Crippen molar-refractivity contribution in [2.24, 2.45) is 5.16 Å². The van der Waals surface area contributed by atoms with Gasteiger partial charge >= 0.3 is 0 Å². The van der Waals surface area contributed by atoms with E-state index in [0.29, 0.717) is 16.8 Å². The quantitative estimate of drug-likeness (QED) is 0.197. The summed E-state index contributed by atoms with van der Waals surface area (Å²) < 4.78 is 5.52. The molecule has 0 spiro atoms. The summed E-state index contributed by atoms with van der Waals surface area (Å²) in [5.41, 5.74) is 0.338. The maximum Gasteiger partial charge on any atom is 0.161 e. The molecule has 24 heavy (non-hydrogen) atoms. The predicted octanol–water partition coefficient (Wildman–Crippen LogP) is 1.26. The Morgan fingerprint density at radius 3 is 2.46 bits per heavy atom. The summed E-state index contributed by atoms with van der Waals surface area (Å²) in [6.07, 6.45) is -4.61. The molecule has 4 N–H and O–H groups in total. The van der Waals surface area contributed by atoms with Gasteiger partial charge < -0.3 is 30.2 Å². The fourth-order valence-electron chi connectivity index (χ4n) is 2.90. The summed E-state index contributed by atoms with van der Waals surface area (Å²) in [5, 5.41) is 41.7. The topological polar surface area (TPSA) is 106 Å². The molecule has 2 aliphatic heterocycles. The number of benzene rings is 1. The standard InChI is InChI=1S/C14H13Cl3N2O5/c15-7-1-5-6(3-18-23)13(17)19(9(5)2-8(7)16)14-12(22)11(21)10(4-20)24-14/h1-2,10-14,20-23H,4H2/t10-,11-,12-,13?,14-/m1/s1. The van der Waals surface area contributed by atoms with E-state index in [-0.39, 0.29) is 10.0 Å². The second kappa shape index (κ2) is 6.71. The number of anilines is 1. The number of halogens is 3. The lowest BCUT2D eigenvalue weighted by Gasteiger charge is -2.31. The number of nitrogens with zero attached hydrogens (tertiary/aromatic N) is 2. The Bertz CT molecular complexity index is 725. The van der Waals surface area contributed by atoms with Gasteiger partial charge in [0.1, 0.15) is 23.8 Å². The van der Waals surface area contributed by atoms with Crippen molar-refractivity contribution >= 4 is 51.9 Å². The van der Waals surface area contributed by atoms with E-state index in [0.717, 1.165) is 0 Å². The van der Waals surface area contributed by atoms with Crippen LogP contribution in [-0.2, 0) is 4.74 Å². The largest absolute Gasteiger partial charge is 0.404 e. The van der Waals surface area contributed by atoms with Crippen molar-refractivity contribution in [3.63, 3.8) is 0 Å². The van der Waals surface area contributed by atoms with Gasteiger partial charge in [0.2, 0.25) is 0 Å². The van der Waals surface area contributed by atoms with Gasteiger partial charge in [0.25, 0.3) is 0 Å². The normalized spacial score (nSPS) is 32.0. The number of hydrogen-bond donors (Lipinski definition) is 4. The highest BCUT2D eigenvalue weighted by Crippen LogP contribution is 2.47. The molecule has 1 aromatic carbocycles. The highest BCUT2D eigenvalue weighted by molar-refractivity contribution is 6.43. The maximum atomic E-state index is 10.3. The van der Waals surface area contributed by atoms with Crippen molar-refractivity contribution in [1.82, 2.24) is 0 Å². The molecule has 0 aliphatic carbocycles. The second-order valence-electron chi connectivity index (χ2n) is 5.38. The van der Waals surface area contributed by atoms with Crippen LogP contribution in [0.2, 0.25) is 10.0 Å². The molecule has 0 aromatic heterocycles. The number of aliphatic hydroxyl groups is 3. The molecule has 1 saturated heterocycles. The number of rotatable bonds is 2. The minimum atomic E-state index is -1.32. The maximum absolute atomic E-state index is 10.3. The lowest BCUT2D eigenvalue weighted by atomic mass is 10.1. The Balaban J connectivity index is 2.11. The molecule has 2 aliphatic rings. The summed E-state index contributed by atoms with van der Waals surface area (Å²) in [7, 11) is 0.